The molecule has 2 N–H and O–H groups in total. The fourth-order valence-electron chi connectivity index (χ4n) is 1.16. The summed E-state index contributed by atoms with van der Waals surface area (Å²) in [7, 11) is 2.01. The summed E-state index contributed by atoms with van der Waals surface area (Å²) in [6.07, 6.45) is 4.18. The summed E-state index contributed by atoms with van der Waals surface area (Å²) in [6, 6.07) is 2.33. The van der Waals surface area contributed by atoms with E-state index < -0.39 is 0 Å². The van der Waals surface area contributed by atoms with Crippen LogP contribution in [0.25, 0.3) is 0 Å². The predicted molar refractivity (Wildman–Crippen MR) is 47.9 cm³/mol. The molecular weight excluding hydrogens is 152 g/mol. The zero-order valence-electron chi connectivity index (χ0n) is 7.07. The number of rotatable bonds is 2. The van der Waals surface area contributed by atoms with Crippen LogP contribution < -0.4 is 10.6 Å². The fraction of sp³-hybridized carbons (Fsp3) is 0.500. The Labute approximate surface area is 71.4 Å². The van der Waals surface area contributed by atoms with Gasteiger partial charge in [-0.25, -0.2) is 4.98 Å². The number of nitrogens with zero attached hydrogens (tertiary/aromatic N) is 3. The molecule has 0 aliphatic heterocycles. The number of nitrogens with two attached hydrogens (primary N) is 1. The molecule has 1 saturated carbocycles. The highest BCUT2D eigenvalue weighted by atomic mass is 15.3. The van der Waals surface area contributed by atoms with Crippen molar-refractivity contribution in [2.24, 2.45) is 0 Å². The van der Waals surface area contributed by atoms with Gasteiger partial charge in [-0.3, -0.25) is 0 Å². The van der Waals surface area contributed by atoms with E-state index in [2.05, 4.69) is 14.9 Å². The lowest BCUT2D eigenvalue weighted by Gasteiger charge is -2.15. The molecular formula is C8H12N4. The number of hydrogen-bond acceptors (Lipinski definition) is 4. The molecule has 0 aromatic carbocycles. The van der Waals surface area contributed by atoms with Gasteiger partial charge in [0.25, 0.3) is 0 Å². The van der Waals surface area contributed by atoms with E-state index in [1.165, 1.54) is 12.8 Å². The quantitative estimate of drug-likeness (QED) is 0.697. The maximum Gasteiger partial charge on any atom is 0.227 e. The molecule has 0 unspecified atom stereocenters. The Bertz CT molecular complexity index is 282. The third kappa shape index (κ3) is 1.32. The van der Waals surface area contributed by atoms with Crippen LogP contribution in [0.5, 0.6) is 0 Å². The van der Waals surface area contributed by atoms with Crippen molar-refractivity contribution in [1.82, 2.24) is 9.97 Å². The lowest BCUT2D eigenvalue weighted by atomic mass is 10.5. The molecule has 0 bridgehead atoms. The Morgan fingerprint density at radius 3 is 2.92 bits per heavy atom. The molecule has 2 rings (SSSR count). The van der Waals surface area contributed by atoms with E-state index in [0.29, 0.717) is 11.9 Å². The molecule has 4 nitrogen and oxygen atoms in total. The van der Waals surface area contributed by atoms with Crippen LogP contribution in [-0.4, -0.2) is 23.1 Å². The summed E-state index contributed by atoms with van der Waals surface area (Å²) < 4.78 is 0. The second kappa shape index (κ2) is 2.62. The summed E-state index contributed by atoms with van der Waals surface area (Å²) in [5.74, 6) is 1.27. The number of nitrogen functional groups attached to an aromatic ring is 1. The van der Waals surface area contributed by atoms with E-state index in [9.17, 15) is 0 Å². The molecule has 1 aromatic rings. The molecule has 12 heavy (non-hydrogen) atoms. The second-order valence-electron chi connectivity index (χ2n) is 3.12. The van der Waals surface area contributed by atoms with E-state index in [1.54, 1.807) is 12.3 Å². The Morgan fingerprint density at radius 1 is 1.58 bits per heavy atom. The molecule has 0 amide bonds. The van der Waals surface area contributed by atoms with Crippen molar-refractivity contribution >= 4 is 11.8 Å². The zero-order valence-corrected chi connectivity index (χ0v) is 7.07. The number of hydrogen-bond donors (Lipinski definition) is 1. The third-order valence-electron chi connectivity index (χ3n) is 2.07. The summed E-state index contributed by atoms with van der Waals surface area (Å²) in [4.78, 5) is 10.3. The highest BCUT2D eigenvalue weighted by Gasteiger charge is 2.27. The zero-order chi connectivity index (χ0) is 8.55. The van der Waals surface area contributed by atoms with Crippen molar-refractivity contribution in [1.29, 1.82) is 0 Å². The van der Waals surface area contributed by atoms with Crippen LogP contribution in [0.15, 0.2) is 12.3 Å². The highest BCUT2D eigenvalue weighted by molar-refractivity contribution is 5.38. The first kappa shape index (κ1) is 7.34. The maximum absolute atomic E-state index is 5.54. The standard InChI is InChI=1S/C8H12N4/c1-12(6-2-3-6)8-10-5-4-7(9)11-8/h4-6H,2-3H2,1H3,(H2,9,10,11). The van der Waals surface area contributed by atoms with Crippen molar-refractivity contribution < 1.29 is 0 Å². The molecule has 4 heteroatoms. The van der Waals surface area contributed by atoms with Crippen molar-refractivity contribution in [3.05, 3.63) is 12.3 Å². The SMILES string of the molecule is CN(c1nccc(N)n1)C1CC1. The summed E-state index contributed by atoms with van der Waals surface area (Å²) in [5.41, 5.74) is 5.54. The third-order valence-corrected chi connectivity index (χ3v) is 2.07. The van der Waals surface area contributed by atoms with Crippen molar-refractivity contribution in [2.45, 2.75) is 18.9 Å². The minimum atomic E-state index is 0.535. The molecule has 0 spiro atoms. The van der Waals surface area contributed by atoms with Crippen molar-refractivity contribution in [2.75, 3.05) is 17.7 Å². The Balaban J connectivity index is 2.20. The van der Waals surface area contributed by atoms with Gasteiger partial charge in [0.15, 0.2) is 0 Å². The van der Waals surface area contributed by atoms with Gasteiger partial charge in [-0.05, 0) is 18.9 Å². The van der Waals surface area contributed by atoms with Gasteiger partial charge in [0.2, 0.25) is 5.95 Å². The van der Waals surface area contributed by atoms with E-state index in [1.807, 2.05) is 7.05 Å². The van der Waals surface area contributed by atoms with E-state index in [-0.39, 0.29) is 0 Å². The first-order chi connectivity index (χ1) is 5.77. The summed E-state index contributed by atoms with van der Waals surface area (Å²) in [6.45, 7) is 0. The van der Waals surface area contributed by atoms with Crippen LogP contribution in [0.4, 0.5) is 11.8 Å². The first-order valence-corrected chi connectivity index (χ1v) is 4.09. The highest BCUT2D eigenvalue weighted by Crippen LogP contribution is 2.27. The fourth-order valence-corrected chi connectivity index (χ4v) is 1.16. The second-order valence-corrected chi connectivity index (χ2v) is 3.12. The van der Waals surface area contributed by atoms with Gasteiger partial charge in [-0.2, -0.15) is 4.98 Å². The average molecular weight is 164 g/mol. The topological polar surface area (TPSA) is 55.0 Å². The minimum absolute atomic E-state index is 0.535. The minimum Gasteiger partial charge on any atom is -0.384 e. The first-order valence-electron chi connectivity index (χ1n) is 4.09. The van der Waals surface area contributed by atoms with Gasteiger partial charge in [0, 0.05) is 19.3 Å². The molecule has 0 atom stereocenters. The van der Waals surface area contributed by atoms with Gasteiger partial charge >= 0.3 is 0 Å². The van der Waals surface area contributed by atoms with Crippen LogP contribution in [0, 0.1) is 0 Å². The summed E-state index contributed by atoms with van der Waals surface area (Å²) in [5, 5.41) is 0. The van der Waals surface area contributed by atoms with Crippen LogP contribution in [-0.2, 0) is 0 Å². The molecule has 1 fully saturated rings. The average Bonchev–Trinajstić information content (AvgIpc) is 2.85. The van der Waals surface area contributed by atoms with Crippen LogP contribution in [0.2, 0.25) is 0 Å². The van der Waals surface area contributed by atoms with E-state index in [0.717, 1.165) is 5.95 Å². The van der Waals surface area contributed by atoms with Crippen LogP contribution in [0.1, 0.15) is 12.8 Å². The number of aromatic nitrogens is 2. The Hall–Kier alpha value is -1.32. The largest absolute Gasteiger partial charge is 0.384 e. The smallest absolute Gasteiger partial charge is 0.227 e. The van der Waals surface area contributed by atoms with Gasteiger partial charge < -0.3 is 10.6 Å². The molecule has 1 aromatic heterocycles. The Morgan fingerprint density at radius 2 is 2.33 bits per heavy atom. The van der Waals surface area contributed by atoms with Gasteiger partial charge in [-0.1, -0.05) is 0 Å². The molecule has 1 heterocycles. The maximum atomic E-state index is 5.54. The van der Waals surface area contributed by atoms with Gasteiger partial charge in [0.1, 0.15) is 5.82 Å². The molecule has 1 aliphatic carbocycles. The van der Waals surface area contributed by atoms with Crippen LogP contribution >= 0.6 is 0 Å². The lowest BCUT2D eigenvalue weighted by Crippen LogP contribution is -2.22. The van der Waals surface area contributed by atoms with Crippen molar-refractivity contribution in [3.63, 3.8) is 0 Å². The molecule has 64 valence electrons. The monoisotopic (exact) mass is 164 g/mol. The van der Waals surface area contributed by atoms with Crippen LogP contribution in [0.3, 0.4) is 0 Å². The summed E-state index contributed by atoms with van der Waals surface area (Å²) >= 11 is 0. The Kier molecular flexibility index (Phi) is 1.60. The molecule has 0 saturated heterocycles. The van der Waals surface area contributed by atoms with E-state index in [4.69, 9.17) is 5.73 Å². The normalized spacial score (nSPS) is 16.1. The van der Waals surface area contributed by atoms with Crippen molar-refractivity contribution in [3.8, 4) is 0 Å². The predicted octanol–water partition coefficient (Wildman–Crippen LogP) is 0.657. The van der Waals surface area contributed by atoms with Gasteiger partial charge in [-0.15, -0.1) is 0 Å². The lowest BCUT2D eigenvalue weighted by molar-refractivity contribution is 0.863. The number of anilines is 2. The molecule has 1 aliphatic rings. The van der Waals surface area contributed by atoms with Gasteiger partial charge in [0.05, 0.1) is 0 Å². The van der Waals surface area contributed by atoms with E-state index >= 15 is 0 Å². The molecule has 0 radical (unpaired) electrons.